The van der Waals surface area contributed by atoms with Crippen LogP contribution in [0.15, 0.2) is 66.7 Å². The van der Waals surface area contributed by atoms with Gasteiger partial charge in [0.15, 0.2) is 0 Å². The zero-order valence-electron chi connectivity index (χ0n) is 17.5. The molecular formula is C26H27NO3. The van der Waals surface area contributed by atoms with Gasteiger partial charge in [-0.15, -0.1) is 0 Å². The summed E-state index contributed by atoms with van der Waals surface area (Å²) < 4.78 is 10.5. The summed E-state index contributed by atoms with van der Waals surface area (Å²) in [6.45, 7) is 0.912. The van der Waals surface area contributed by atoms with E-state index in [1.165, 1.54) is 34.9 Å². The van der Waals surface area contributed by atoms with Crippen LogP contribution in [0.4, 0.5) is 0 Å². The SMILES string of the molecule is COC(=O)Cc1cc2c(cc1OC)C(Cc1ccccc1-c1ccccc1)NCC2. The number of methoxy groups -OCH3 is 2. The third-order valence-electron chi connectivity index (χ3n) is 5.79. The second-order valence-electron chi connectivity index (χ2n) is 7.60. The Labute approximate surface area is 177 Å². The molecule has 0 bridgehead atoms. The summed E-state index contributed by atoms with van der Waals surface area (Å²) in [5, 5.41) is 3.68. The van der Waals surface area contributed by atoms with E-state index < -0.39 is 0 Å². The van der Waals surface area contributed by atoms with E-state index in [1.54, 1.807) is 7.11 Å². The van der Waals surface area contributed by atoms with Crippen molar-refractivity contribution in [2.75, 3.05) is 20.8 Å². The van der Waals surface area contributed by atoms with E-state index in [0.717, 1.165) is 30.7 Å². The largest absolute Gasteiger partial charge is 0.496 e. The first-order valence-corrected chi connectivity index (χ1v) is 10.3. The molecule has 0 radical (unpaired) electrons. The summed E-state index contributed by atoms with van der Waals surface area (Å²) in [5.41, 5.74) is 7.21. The molecule has 0 fully saturated rings. The van der Waals surface area contributed by atoms with Gasteiger partial charge in [-0.2, -0.15) is 0 Å². The number of rotatable bonds is 6. The van der Waals surface area contributed by atoms with E-state index in [9.17, 15) is 4.79 Å². The lowest BCUT2D eigenvalue weighted by Crippen LogP contribution is -2.31. The van der Waals surface area contributed by atoms with E-state index in [1.807, 2.05) is 6.07 Å². The maximum absolute atomic E-state index is 11.8. The van der Waals surface area contributed by atoms with Gasteiger partial charge in [-0.1, -0.05) is 60.7 Å². The number of hydrogen-bond acceptors (Lipinski definition) is 4. The predicted octanol–water partition coefficient (Wildman–Crippen LogP) is 4.51. The minimum Gasteiger partial charge on any atom is -0.496 e. The maximum Gasteiger partial charge on any atom is 0.310 e. The number of ether oxygens (including phenoxy) is 2. The Bertz CT molecular complexity index is 1030. The molecule has 1 unspecified atom stereocenters. The quantitative estimate of drug-likeness (QED) is 0.618. The molecule has 3 aromatic rings. The molecule has 154 valence electrons. The molecule has 1 aliphatic heterocycles. The van der Waals surface area contributed by atoms with Crippen LogP contribution in [-0.4, -0.2) is 26.7 Å². The first kappa shape index (κ1) is 20.2. The molecule has 0 saturated carbocycles. The third kappa shape index (κ3) is 4.24. The predicted molar refractivity (Wildman–Crippen MR) is 119 cm³/mol. The summed E-state index contributed by atoms with van der Waals surface area (Å²) >= 11 is 0. The lowest BCUT2D eigenvalue weighted by molar-refractivity contribution is -0.139. The third-order valence-corrected chi connectivity index (χ3v) is 5.79. The number of hydrogen-bond donors (Lipinski definition) is 1. The van der Waals surface area contributed by atoms with Crippen LogP contribution >= 0.6 is 0 Å². The fourth-order valence-corrected chi connectivity index (χ4v) is 4.28. The zero-order valence-corrected chi connectivity index (χ0v) is 17.5. The number of carbonyl (C=O) groups is 1. The molecule has 1 heterocycles. The Balaban J connectivity index is 1.67. The van der Waals surface area contributed by atoms with Gasteiger partial charge in [0.25, 0.3) is 0 Å². The van der Waals surface area contributed by atoms with Crippen molar-refractivity contribution < 1.29 is 14.3 Å². The Morgan fingerprint density at radius 1 is 1.00 bits per heavy atom. The van der Waals surface area contributed by atoms with Crippen molar-refractivity contribution in [1.29, 1.82) is 0 Å². The smallest absolute Gasteiger partial charge is 0.310 e. The van der Waals surface area contributed by atoms with Gasteiger partial charge in [-0.05, 0) is 53.3 Å². The Morgan fingerprint density at radius 3 is 2.53 bits per heavy atom. The molecule has 4 rings (SSSR count). The van der Waals surface area contributed by atoms with Gasteiger partial charge < -0.3 is 14.8 Å². The highest BCUT2D eigenvalue weighted by molar-refractivity contribution is 5.74. The van der Waals surface area contributed by atoms with Crippen molar-refractivity contribution in [2.24, 2.45) is 0 Å². The van der Waals surface area contributed by atoms with Gasteiger partial charge in [-0.3, -0.25) is 4.79 Å². The van der Waals surface area contributed by atoms with Gasteiger partial charge >= 0.3 is 5.97 Å². The van der Waals surface area contributed by atoms with Gasteiger partial charge in [0.2, 0.25) is 0 Å². The molecule has 1 atom stereocenters. The molecule has 0 spiro atoms. The summed E-state index contributed by atoms with van der Waals surface area (Å²) in [6.07, 6.45) is 2.05. The summed E-state index contributed by atoms with van der Waals surface area (Å²) in [4.78, 5) is 11.8. The first-order valence-electron chi connectivity index (χ1n) is 10.3. The molecule has 1 aliphatic rings. The average molecular weight is 402 g/mol. The Morgan fingerprint density at radius 2 is 1.77 bits per heavy atom. The summed E-state index contributed by atoms with van der Waals surface area (Å²) in [7, 11) is 3.07. The lowest BCUT2D eigenvalue weighted by Gasteiger charge is -2.29. The normalized spacial score (nSPS) is 15.3. The van der Waals surface area contributed by atoms with Crippen molar-refractivity contribution in [3.05, 3.63) is 89.0 Å². The molecule has 0 aliphatic carbocycles. The minimum atomic E-state index is -0.254. The fraction of sp³-hybridized carbons (Fsp3) is 0.269. The van der Waals surface area contributed by atoms with E-state index >= 15 is 0 Å². The highest BCUT2D eigenvalue weighted by atomic mass is 16.5. The molecule has 4 heteroatoms. The van der Waals surface area contributed by atoms with Gasteiger partial charge in [0.1, 0.15) is 5.75 Å². The Hall–Kier alpha value is -3.11. The van der Waals surface area contributed by atoms with Crippen LogP contribution in [0.3, 0.4) is 0 Å². The highest BCUT2D eigenvalue weighted by Crippen LogP contribution is 2.34. The van der Waals surface area contributed by atoms with Crippen LogP contribution in [0.5, 0.6) is 5.75 Å². The van der Waals surface area contributed by atoms with Crippen molar-refractivity contribution in [3.8, 4) is 16.9 Å². The molecule has 0 saturated heterocycles. The number of esters is 1. The highest BCUT2D eigenvalue weighted by Gasteiger charge is 2.24. The lowest BCUT2D eigenvalue weighted by atomic mass is 9.86. The molecule has 1 N–H and O–H groups in total. The summed E-state index contributed by atoms with van der Waals surface area (Å²) in [5.74, 6) is 0.486. The van der Waals surface area contributed by atoms with E-state index in [4.69, 9.17) is 9.47 Å². The monoisotopic (exact) mass is 401 g/mol. The van der Waals surface area contributed by atoms with Crippen molar-refractivity contribution >= 4 is 5.97 Å². The van der Waals surface area contributed by atoms with Crippen LogP contribution in [0, 0.1) is 0 Å². The number of benzene rings is 3. The Kier molecular flexibility index (Phi) is 6.15. The van der Waals surface area contributed by atoms with Crippen molar-refractivity contribution in [1.82, 2.24) is 5.32 Å². The van der Waals surface area contributed by atoms with Crippen molar-refractivity contribution in [3.63, 3.8) is 0 Å². The number of carbonyl (C=O) groups excluding carboxylic acids is 1. The molecule has 30 heavy (non-hydrogen) atoms. The van der Waals surface area contributed by atoms with Crippen LogP contribution in [0.2, 0.25) is 0 Å². The van der Waals surface area contributed by atoms with Crippen LogP contribution < -0.4 is 10.1 Å². The number of fused-ring (bicyclic) bond motifs is 1. The van der Waals surface area contributed by atoms with Crippen LogP contribution in [0.1, 0.15) is 28.3 Å². The van der Waals surface area contributed by atoms with Crippen LogP contribution in [0.25, 0.3) is 11.1 Å². The van der Waals surface area contributed by atoms with E-state index in [2.05, 4.69) is 66.0 Å². The van der Waals surface area contributed by atoms with E-state index in [0.29, 0.717) is 0 Å². The van der Waals surface area contributed by atoms with Gasteiger partial charge in [-0.25, -0.2) is 0 Å². The zero-order chi connectivity index (χ0) is 20.9. The van der Waals surface area contributed by atoms with Gasteiger partial charge in [0.05, 0.1) is 20.6 Å². The fourth-order valence-electron chi connectivity index (χ4n) is 4.28. The summed E-state index contributed by atoms with van der Waals surface area (Å²) in [6, 6.07) is 23.5. The maximum atomic E-state index is 11.8. The molecular weight excluding hydrogens is 374 g/mol. The van der Waals surface area contributed by atoms with E-state index in [-0.39, 0.29) is 18.4 Å². The molecule has 0 aromatic heterocycles. The molecule has 3 aromatic carbocycles. The standard InChI is InChI=1S/C26H27NO3/c1-29-25-17-23-20(14-21(25)16-26(28)30-2)12-13-27-24(23)15-19-10-6-7-11-22(19)18-8-4-3-5-9-18/h3-11,14,17,24,27H,12-13,15-16H2,1-2H3. The topological polar surface area (TPSA) is 47.6 Å². The second kappa shape index (κ2) is 9.14. The van der Waals surface area contributed by atoms with Crippen LogP contribution in [-0.2, 0) is 28.8 Å². The number of nitrogens with one attached hydrogen (secondary N) is 1. The first-order chi connectivity index (χ1) is 14.7. The molecule has 4 nitrogen and oxygen atoms in total. The van der Waals surface area contributed by atoms with Crippen molar-refractivity contribution in [2.45, 2.75) is 25.3 Å². The second-order valence-corrected chi connectivity index (χ2v) is 7.60. The van der Waals surface area contributed by atoms with Gasteiger partial charge in [0, 0.05) is 11.6 Å². The minimum absolute atomic E-state index is 0.194. The molecule has 0 amide bonds. The average Bonchev–Trinajstić information content (AvgIpc) is 2.79.